The maximum absolute atomic E-state index is 12.5. The molecule has 0 aromatic heterocycles. The number of rotatable bonds is 67. The Balaban J connectivity index is 3.35. The smallest absolute Gasteiger partial charge is 0.305 e. The van der Waals surface area contributed by atoms with E-state index in [-0.39, 0.29) is 18.5 Å². The van der Waals surface area contributed by atoms with Crippen molar-refractivity contribution in [1.82, 2.24) is 5.32 Å². The lowest BCUT2D eigenvalue weighted by atomic mass is 10.0. The van der Waals surface area contributed by atoms with Crippen molar-refractivity contribution in [2.45, 2.75) is 411 Å². The van der Waals surface area contributed by atoms with E-state index in [1.165, 1.54) is 327 Å². The number of unbranched alkanes of at least 4 members (excludes halogenated alkanes) is 54. The van der Waals surface area contributed by atoms with E-state index in [1.807, 2.05) is 6.08 Å². The zero-order valence-corrected chi connectivity index (χ0v) is 52.9. The number of ether oxygens (including phenoxy) is 1. The van der Waals surface area contributed by atoms with Crippen LogP contribution in [-0.2, 0) is 14.3 Å². The van der Waals surface area contributed by atoms with Crippen LogP contribution in [0.4, 0.5) is 0 Å². The molecule has 0 spiro atoms. The minimum Gasteiger partial charge on any atom is -0.466 e. The summed E-state index contributed by atoms with van der Waals surface area (Å²) >= 11 is 0. The Labute approximate surface area is 488 Å². The second-order valence-electron chi connectivity index (χ2n) is 24.6. The number of hydrogen-bond donors (Lipinski definition) is 3. The van der Waals surface area contributed by atoms with Crippen LogP contribution in [0, 0.1) is 0 Å². The van der Waals surface area contributed by atoms with Gasteiger partial charge in [0.2, 0.25) is 5.91 Å². The van der Waals surface area contributed by atoms with Crippen molar-refractivity contribution in [3.63, 3.8) is 0 Å². The van der Waals surface area contributed by atoms with Crippen LogP contribution in [0.15, 0.2) is 24.3 Å². The molecule has 3 N–H and O–H groups in total. The van der Waals surface area contributed by atoms with Crippen LogP contribution < -0.4 is 5.32 Å². The summed E-state index contributed by atoms with van der Waals surface area (Å²) in [5.74, 6) is -0.0490. The highest BCUT2D eigenvalue weighted by Gasteiger charge is 2.18. The molecule has 1 amide bonds. The Bertz CT molecular complexity index is 1220. The summed E-state index contributed by atoms with van der Waals surface area (Å²) < 4.78 is 5.49. The van der Waals surface area contributed by atoms with Gasteiger partial charge in [0.15, 0.2) is 0 Å². The Morgan fingerprint density at radius 2 is 0.603 bits per heavy atom. The van der Waals surface area contributed by atoms with Gasteiger partial charge in [-0.1, -0.05) is 353 Å². The maximum atomic E-state index is 12.5. The van der Waals surface area contributed by atoms with Gasteiger partial charge in [0.25, 0.3) is 0 Å². The molecule has 0 saturated heterocycles. The standard InChI is InChI=1S/C72H139NO5/c1-3-5-7-9-11-13-15-17-19-34-37-40-44-48-52-56-60-64-70(75)69(68-74)73-71(76)65-61-57-53-49-45-41-38-35-32-30-28-26-24-22-20-21-23-25-27-29-31-33-36-39-43-47-51-55-59-63-67-78-72(77)66-62-58-54-50-46-42-18-16-14-12-10-8-6-4-2/h16,18,60,64,69-70,74-75H,3-15,17,19-59,61-63,65-68H2,1-2H3,(H,73,76)/b18-16-,64-60+. The highest BCUT2D eigenvalue weighted by atomic mass is 16.5. The second-order valence-corrected chi connectivity index (χ2v) is 24.6. The molecule has 0 radical (unpaired) electrons. The van der Waals surface area contributed by atoms with E-state index < -0.39 is 12.1 Å². The van der Waals surface area contributed by atoms with E-state index in [2.05, 4.69) is 31.3 Å². The van der Waals surface area contributed by atoms with Crippen LogP contribution in [0.2, 0.25) is 0 Å². The van der Waals surface area contributed by atoms with Gasteiger partial charge in [0.1, 0.15) is 0 Å². The molecule has 0 bridgehead atoms. The number of nitrogens with one attached hydrogen (secondary N) is 1. The van der Waals surface area contributed by atoms with E-state index in [1.54, 1.807) is 6.08 Å². The summed E-state index contributed by atoms with van der Waals surface area (Å²) in [5.41, 5.74) is 0. The maximum Gasteiger partial charge on any atom is 0.305 e. The van der Waals surface area contributed by atoms with Gasteiger partial charge in [-0.2, -0.15) is 0 Å². The Kier molecular flexibility index (Phi) is 66.4. The molecule has 2 unspecified atom stereocenters. The first-order valence-electron chi connectivity index (χ1n) is 35.6. The summed E-state index contributed by atoms with van der Waals surface area (Å²) in [6, 6.07) is -0.625. The Morgan fingerprint density at radius 1 is 0.346 bits per heavy atom. The highest BCUT2D eigenvalue weighted by molar-refractivity contribution is 5.76. The van der Waals surface area contributed by atoms with Crippen LogP contribution in [-0.4, -0.2) is 47.4 Å². The van der Waals surface area contributed by atoms with Crippen molar-refractivity contribution in [3.05, 3.63) is 24.3 Å². The van der Waals surface area contributed by atoms with Crippen LogP contribution in [0.5, 0.6) is 0 Å². The molecule has 0 aromatic carbocycles. The van der Waals surface area contributed by atoms with Crippen molar-refractivity contribution in [2.24, 2.45) is 0 Å². The van der Waals surface area contributed by atoms with Gasteiger partial charge in [-0.05, 0) is 57.8 Å². The first kappa shape index (κ1) is 76.3. The molecule has 0 rings (SSSR count). The van der Waals surface area contributed by atoms with Gasteiger partial charge in [-0.25, -0.2) is 0 Å². The molecule has 0 aliphatic heterocycles. The molecule has 2 atom stereocenters. The quantitative estimate of drug-likeness (QED) is 0.0320. The molecule has 78 heavy (non-hydrogen) atoms. The molecule has 6 heteroatoms. The molecule has 0 aliphatic carbocycles. The fourth-order valence-corrected chi connectivity index (χ4v) is 11.3. The summed E-state index contributed by atoms with van der Waals surface area (Å²) in [5, 5.41) is 23.2. The van der Waals surface area contributed by atoms with Gasteiger partial charge >= 0.3 is 5.97 Å². The van der Waals surface area contributed by atoms with Crippen molar-refractivity contribution in [3.8, 4) is 0 Å². The topological polar surface area (TPSA) is 95.9 Å². The molecule has 462 valence electrons. The second kappa shape index (κ2) is 67.8. The van der Waals surface area contributed by atoms with Crippen LogP contribution in [0.25, 0.3) is 0 Å². The number of amides is 1. The fraction of sp³-hybridized carbons (Fsp3) is 0.917. The van der Waals surface area contributed by atoms with Gasteiger partial charge in [-0.15, -0.1) is 0 Å². The van der Waals surface area contributed by atoms with Gasteiger partial charge in [-0.3, -0.25) is 9.59 Å². The number of allylic oxidation sites excluding steroid dienone is 3. The Hall–Kier alpha value is -1.66. The lowest BCUT2D eigenvalue weighted by Crippen LogP contribution is -2.45. The van der Waals surface area contributed by atoms with E-state index in [0.717, 1.165) is 44.9 Å². The zero-order chi connectivity index (χ0) is 56.4. The number of esters is 1. The van der Waals surface area contributed by atoms with Crippen molar-refractivity contribution in [1.29, 1.82) is 0 Å². The minimum absolute atomic E-state index is 0.0118. The molecule has 0 aliphatic rings. The van der Waals surface area contributed by atoms with Crippen LogP contribution >= 0.6 is 0 Å². The van der Waals surface area contributed by atoms with Crippen LogP contribution in [0.3, 0.4) is 0 Å². The molecular weight excluding hydrogens is 959 g/mol. The number of carbonyl (C=O) groups is 2. The average Bonchev–Trinajstić information content (AvgIpc) is 3.44. The molecule has 6 nitrogen and oxygen atoms in total. The van der Waals surface area contributed by atoms with Crippen molar-refractivity contribution >= 4 is 11.9 Å². The predicted octanol–water partition coefficient (Wildman–Crippen LogP) is 22.9. The van der Waals surface area contributed by atoms with Crippen LogP contribution in [0.1, 0.15) is 399 Å². The van der Waals surface area contributed by atoms with Crippen molar-refractivity contribution in [2.75, 3.05) is 13.2 Å². The summed E-state index contributed by atoms with van der Waals surface area (Å²) in [4.78, 5) is 24.6. The summed E-state index contributed by atoms with van der Waals surface area (Å²) in [6.45, 7) is 4.93. The van der Waals surface area contributed by atoms with Gasteiger partial charge in [0.05, 0.1) is 25.4 Å². The number of carbonyl (C=O) groups excluding carboxylic acids is 2. The largest absolute Gasteiger partial charge is 0.466 e. The molecule has 0 saturated carbocycles. The lowest BCUT2D eigenvalue weighted by molar-refractivity contribution is -0.143. The first-order valence-corrected chi connectivity index (χ1v) is 35.6. The number of aliphatic hydroxyl groups excluding tert-OH is 2. The van der Waals surface area contributed by atoms with Gasteiger partial charge in [0, 0.05) is 12.8 Å². The van der Waals surface area contributed by atoms with E-state index in [9.17, 15) is 19.8 Å². The minimum atomic E-state index is -0.842. The Morgan fingerprint density at radius 3 is 0.910 bits per heavy atom. The third-order valence-electron chi connectivity index (χ3n) is 16.7. The molecule has 0 heterocycles. The average molecular weight is 1100 g/mol. The van der Waals surface area contributed by atoms with E-state index in [4.69, 9.17) is 4.74 Å². The third-order valence-corrected chi connectivity index (χ3v) is 16.7. The van der Waals surface area contributed by atoms with E-state index in [0.29, 0.717) is 19.4 Å². The van der Waals surface area contributed by atoms with E-state index >= 15 is 0 Å². The SMILES string of the molecule is CCCCCCC/C=C\CCCCCCCC(=O)OCCCCCCCCCCCCCCCCCCCCCCCCCCCCCCCCC(=O)NC(CO)C(O)/C=C/CCCCCCCCCCCCCCCCC. The first-order chi connectivity index (χ1) is 38.5. The number of hydrogen-bond acceptors (Lipinski definition) is 5. The lowest BCUT2D eigenvalue weighted by Gasteiger charge is -2.20. The van der Waals surface area contributed by atoms with Gasteiger partial charge < -0.3 is 20.3 Å². The van der Waals surface area contributed by atoms with Crippen molar-refractivity contribution < 1.29 is 24.5 Å². The third kappa shape index (κ3) is 63.5. The highest BCUT2D eigenvalue weighted by Crippen LogP contribution is 2.19. The molecule has 0 fully saturated rings. The summed E-state index contributed by atoms with van der Waals surface area (Å²) in [6.07, 6.45) is 85.5. The monoisotopic (exact) mass is 1100 g/mol. The number of aliphatic hydroxyl groups is 2. The predicted molar refractivity (Wildman–Crippen MR) is 343 cm³/mol. The zero-order valence-electron chi connectivity index (χ0n) is 52.9. The molecule has 0 aromatic rings. The normalized spacial score (nSPS) is 12.6. The molecular formula is C72H139NO5. The summed E-state index contributed by atoms with van der Waals surface area (Å²) in [7, 11) is 0. The fourth-order valence-electron chi connectivity index (χ4n) is 11.3.